The SMILES string of the molecule is CCC1CN(c2cccnn2)CC1Br. The Labute approximate surface area is 92.7 Å². The van der Waals surface area contributed by atoms with Crippen LogP contribution < -0.4 is 4.90 Å². The first-order valence-corrected chi connectivity index (χ1v) is 5.89. The molecular weight excluding hydrogens is 242 g/mol. The van der Waals surface area contributed by atoms with Crippen LogP contribution in [0.5, 0.6) is 0 Å². The fourth-order valence-electron chi connectivity index (χ4n) is 1.87. The van der Waals surface area contributed by atoms with Crippen molar-refractivity contribution in [3.8, 4) is 0 Å². The monoisotopic (exact) mass is 255 g/mol. The number of nitrogens with zero attached hydrogens (tertiary/aromatic N) is 3. The van der Waals surface area contributed by atoms with Crippen molar-refractivity contribution in [1.29, 1.82) is 0 Å². The van der Waals surface area contributed by atoms with E-state index in [0.29, 0.717) is 4.83 Å². The maximum absolute atomic E-state index is 4.12. The fourth-order valence-corrected chi connectivity index (χ4v) is 2.76. The lowest BCUT2D eigenvalue weighted by Crippen LogP contribution is -2.21. The van der Waals surface area contributed by atoms with Crippen molar-refractivity contribution in [3.63, 3.8) is 0 Å². The van der Waals surface area contributed by atoms with Gasteiger partial charge in [-0.2, -0.15) is 5.10 Å². The zero-order valence-corrected chi connectivity index (χ0v) is 9.81. The topological polar surface area (TPSA) is 29.0 Å². The Morgan fingerprint density at radius 1 is 1.57 bits per heavy atom. The molecule has 0 amide bonds. The van der Waals surface area contributed by atoms with Crippen LogP contribution in [0, 0.1) is 5.92 Å². The van der Waals surface area contributed by atoms with Gasteiger partial charge in [-0.25, -0.2) is 0 Å². The molecule has 0 aliphatic carbocycles. The summed E-state index contributed by atoms with van der Waals surface area (Å²) in [4.78, 5) is 2.88. The van der Waals surface area contributed by atoms with E-state index >= 15 is 0 Å². The average Bonchev–Trinajstić information content (AvgIpc) is 2.61. The summed E-state index contributed by atoms with van der Waals surface area (Å²) in [6.45, 7) is 4.36. The lowest BCUT2D eigenvalue weighted by molar-refractivity contribution is 0.585. The highest BCUT2D eigenvalue weighted by Crippen LogP contribution is 2.28. The van der Waals surface area contributed by atoms with Crippen LogP contribution in [0.1, 0.15) is 13.3 Å². The van der Waals surface area contributed by atoms with Gasteiger partial charge in [-0.1, -0.05) is 29.3 Å². The van der Waals surface area contributed by atoms with Gasteiger partial charge in [0.2, 0.25) is 0 Å². The molecule has 4 heteroatoms. The van der Waals surface area contributed by atoms with Crippen LogP contribution in [-0.2, 0) is 0 Å². The standard InChI is InChI=1S/C10H14BrN3/c1-2-8-6-14(7-9(8)11)10-4-3-5-12-13-10/h3-5,8-9H,2,6-7H2,1H3. The number of hydrogen-bond acceptors (Lipinski definition) is 3. The van der Waals surface area contributed by atoms with E-state index < -0.39 is 0 Å². The second-order valence-corrected chi connectivity index (χ2v) is 4.85. The van der Waals surface area contributed by atoms with Crippen LogP contribution in [0.3, 0.4) is 0 Å². The van der Waals surface area contributed by atoms with Crippen molar-refractivity contribution in [2.75, 3.05) is 18.0 Å². The van der Waals surface area contributed by atoms with Crippen LogP contribution in [0.15, 0.2) is 18.3 Å². The van der Waals surface area contributed by atoms with Gasteiger partial charge in [0.15, 0.2) is 5.82 Å². The Hall–Kier alpha value is -0.640. The van der Waals surface area contributed by atoms with Crippen molar-refractivity contribution in [3.05, 3.63) is 18.3 Å². The molecule has 1 fully saturated rings. The largest absolute Gasteiger partial charge is 0.354 e. The normalized spacial score (nSPS) is 26.9. The van der Waals surface area contributed by atoms with Gasteiger partial charge in [0.05, 0.1) is 0 Å². The minimum atomic E-state index is 0.592. The third kappa shape index (κ3) is 1.90. The molecule has 76 valence electrons. The molecule has 1 aromatic heterocycles. The smallest absolute Gasteiger partial charge is 0.151 e. The van der Waals surface area contributed by atoms with Gasteiger partial charge in [0, 0.05) is 24.1 Å². The van der Waals surface area contributed by atoms with Gasteiger partial charge in [-0.15, -0.1) is 5.10 Å². The lowest BCUT2D eigenvalue weighted by Gasteiger charge is -2.15. The predicted molar refractivity (Wildman–Crippen MR) is 60.7 cm³/mol. The van der Waals surface area contributed by atoms with Gasteiger partial charge in [0.1, 0.15) is 0 Å². The minimum absolute atomic E-state index is 0.592. The van der Waals surface area contributed by atoms with Crippen LogP contribution in [-0.4, -0.2) is 28.1 Å². The van der Waals surface area contributed by atoms with E-state index in [4.69, 9.17) is 0 Å². The van der Waals surface area contributed by atoms with Crippen LogP contribution >= 0.6 is 15.9 Å². The van der Waals surface area contributed by atoms with Crippen molar-refractivity contribution in [2.24, 2.45) is 5.92 Å². The Balaban J connectivity index is 2.09. The summed E-state index contributed by atoms with van der Waals surface area (Å²) in [6.07, 6.45) is 2.93. The van der Waals surface area contributed by atoms with Gasteiger partial charge >= 0.3 is 0 Å². The van der Waals surface area contributed by atoms with Crippen LogP contribution in [0.25, 0.3) is 0 Å². The Bertz CT molecular complexity index is 291. The zero-order chi connectivity index (χ0) is 9.97. The third-order valence-electron chi connectivity index (χ3n) is 2.77. The molecule has 2 rings (SSSR count). The van der Waals surface area contributed by atoms with E-state index in [0.717, 1.165) is 24.8 Å². The second kappa shape index (κ2) is 4.26. The van der Waals surface area contributed by atoms with E-state index in [9.17, 15) is 0 Å². The van der Waals surface area contributed by atoms with Crippen molar-refractivity contribution in [2.45, 2.75) is 18.2 Å². The maximum atomic E-state index is 4.12. The first kappa shape index (κ1) is 9.90. The minimum Gasteiger partial charge on any atom is -0.354 e. The van der Waals surface area contributed by atoms with Gasteiger partial charge in [-0.3, -0.25) is 0 Å². The summed E-state index contributed by atoms with van der Waals surface area (Å²) in [5.41, 5.74) is 0. The summed E-state index contributed by atoms with van der Waals surface area (Å²) in [5, 5.41) is 8.02. The molecule has 0 saturated carbocycles. The van der Waals surface area contributed by atoms with E-state index in [1.54, 1.807) is 6.20 Å². The lowest BCUT2D eigenvalue weighted by atomic mass is 10.1. The number of rotatable bonds is 2. The maximum Gasteiger partial charge on any atom is 0.151 e. The van der Waals surface area contributed by atoms with Gasteiger partial charge < -0.3 is 4.90 Å². The van der Waals surface area contributed by atoms with Crippen molar-refractivity contribution < 1.29 is 0 Å². The van der Waals surface area contributed by atoms with Crippen molar-refractivity contribution in [1.82, 2.24) is 10.2 Å². The predicted octanol–water partition coefficient (Wildman–Crippen LogP) is 2.09. The molecule has 0 radical (unpaired) electrons. The fraction of sp³-hybridized carbons (Fsp3) is 0.600. The average molecular weight is 256 g/mol. The van der Waals surface area contributed by atoms with Crippen molar-refractivity contribution >= 4 is 21.7 Å². The molecule has 14 heavy (non-hydrogen) atoms. The highest BCUT2D eigenvalue weighted by Gasteiger charge is 2.30. The molecule has 3 nitrogen and oxygen atoms in total. The molecule has 2 atom stereocenters. The summed E-state index contributed by atoms with van der Waals surface area (Å²) in [6, 6.07) is 3.95. The molecule has 0 N–H and O–H groups in total. The highest BCUT2D eigenvalue weighted by atomic mass is 79.9. The Morgan fingerprint density at radius 3 is 3.00 bits per heavy atom. The molecule has 0 aromatic carbocycles. The highest BCUT2D eigenvalue weighted by molar-refractivity contribution is 9.09. The van der Waals surface area contributed by atoms with Crippen LogP contribution in [0.2, 0.25) is 0 Å². The van der Waals surface area contributed by atoms with E-state index in [1.165, 1.54) is 6.42 Å². The molecule has 2 unspecified atom stereocenters. The van der Waals surface area contributed by atoms with E-state index in [2.05, 4.69) is 38.0 Å². The zero-order valence-electron chi connectivity index (χ0n) is 8.23. The summed E-state index contributed by atoms with van der Waals surface area (Å²) < 4.78 is 0. The second-order valence-electron chi connectivity index (χ2n) is 3.67. The molecule has 1 saturated heterocycles. The van der Waals surface area contributed by atoms with Crippen LogP contribution in [0.4, 0.5) is 5.82 Å². The van der Waals surface area contributed by atoms with E-state index in [1.807, 2.05) is 12.1 Å². The Kier molecular flexibility index (Phi) is 3.01. The summed E-state index contributed by atoms with van der Waals surface area (Å²) >= 11 is 3.71. The van der Waals surface area contributed by atoms with Gasteiger partial charge in [-0.05, 0) is 18.1 Å². The summed E-state index contributed by atoms with van der Waals surface area (Å²) in [7, 11) is 0. The first-order chi connectivity index (χ1) is 6.81. The summed E-state index contributed by atoms with van der Waals surface area (Å²) in [5.74, 6) is 1.73. The number of halogens is 1. The quantitative estimate of drug-likeness (QED) is 0.759. The number of anilines is 1. The number of hydrogen-bond donors (Lipinski definition) is 0. The number of aromatic nitrogens is 2. The van der Waals surface area contributed by atoms with Gasteiger partial charge in [0.25, 0.3) is 0 Å². The third-order valence-corrected chi connectivity index (χ3v) is 3.81. The van der Waals surface area contributed by atoms with E-state index in [-0.39, 0.29) is 0 Å². The first-order valence-electron chi connectivity index (χ1n) is 4.98. The molecule has 2 heterocycles. The molecular formula is C10H14BrN3. The number of alkyl halides is 1. The molecule has 1 aromatic rings. The molecule has 1 aliphatic rings. The molecule has 1 aliphatic heterocycles. The molecule has 0 spiro atoms. The Morgan fingerprint density at radius 2 is 2.43 bits per heavy atom. The molecule has 0 bridgehead atoms.